The Morgan fingerprint density at radius 1 is 0.962 bits per heavy atom. The van der Waals surface area contributed by atoms with E-state index in [-0.39, 0.29) is 5.82 Å². The lowest BCUT2D eigenvalue weighted by molar-refractivity contribution is 0.480. The zero-order valence-electron chi connectivity index (χ0n) is 13.9. The predicted octanol–water partition coefficient (Wildman–Crippen LogP) is 4.69. The van der Waals surface area contributed by atoms with Gasteiger partial charge in [-0.3, -0.25) is 0 Å². The van der Waals surface area contributed by atoms with Gasteiger partial charge in [0.1, 0.15) is 17.3 Å². The molecule has 5 nitrogen and oxygen atoms in total. The van der Waals surface area contributed by atoms with E-state index in [2.05, 4.69) is 15.3 Å². The van der Waals surface area contributed by atoms with Crippen LogP contribution in [0.1, 0.15) is 5.56 Å². The summed E-state index contributed by atoms with van der Waals surface area (Å²) in [4.78, 5) is 7.67. The molecule has 0 saturated heterocycles. The third kappa shape index (κ3) is 3.59. The van der Waals surface area contributed by atoms with Crippen molar-refractivity contribution in [2.45, 2.75) is 6.54 Å². The molecule has 0 fully saturated rings. The number of fused-ring (bicyclic) bond motifs is 1. The Kier molecular flexibility index (Phi) is 4.15. The van der Waals surface area contributed by atoms with E-state index in [9.17, 15) is 4.39 Å². The Morgan fingerprint density at radius 2 is 1.65 bits per heavy atom. The van der Waals surface area contributed by atoms with Gasteiger partial charge in [0.15, 0.2) is 0 Å². The summed E-state index contributed by atoms with van der Waals surface area (Å²) in [6, 6.07) is 19.2. The molecule has 0 saturated carbocycles. The molecule has 0 aliphatic carbocycles. The number of aromatic nitrogens is 2. The molecule has 4 N–H and O–H groups in total. The van der Waals surface area contributed by atoms with E-state index in [1.807, 2.05) is 42.5 Å². The number of hydrogen-bond acceptors (Lipinski definition) is 4. The van der Waals surface area contributed by atoms with Crippen LogP contribution in [0.25, 0.3) is 11.0 Å². The number of hydrogen-bond donors (Lipinski definition) is 3. The van der Waals surface area contributed by atoms with E-state index < -0.39 is 0 Å². The second-order valence-corrected chi connectivity index (χ2v) is 5.92. The average molecular weight is 348 g/mol. The molecule has 0 aliphatic heterocycles. The number of anilines is 2. The summed E-state index contributed by atoms with van der Waals surface area (Å²) < 4.78 is 18.6. The summed E-state index contributed by atoms with van der Waals surface area (Å²) in [5.74, 6) is 1.70. The standard InChI is InChI=1S/C20H17FN4O/c21-14-3-8-17(9-4-14)26-16-6-1-13(2-7-16)12-23-20-24-18-10-5-15(22)11-19(18)25-20/h1-11H,12,22H2,(H2,23,24,25). The second kappa shape index (κ2) is 6.76. The van der Waals surface area contributed by atoms with Crippen LogP contribution in [0.3, 0.4) is 0 Å². The van der Waals surface area contributed by atoms with Gasteiger partial charge in [0.05, 0.1) is 11.0 Å². The van der Waals surface area contributed by atoms with Crippen LogP contribution in [0.15, 0.2) is 66.7 Å². The number of H-pyrrole nitrogens is 1. The molecule has 3 aromatic carbocycles. The monoisotopic (exact) mass is 348 g/mol. The maximum absolute atomic E-state index is 12.9. The molecule has 6 heteroatoms. The zero-order chi connectivity index (χ0) is 17.9. The van der Waals surface area contributed by atoms with E-state index >= 15 is 0 Å². The number of aromatic amines is 1. The average Bonchev–Trinajstić information content (AvgIpc) is 3.05. The Morgan fingerprint density at radius 3 is 2.38 bits per heavy atom. The number of nitrogens with two attached hydrogens (primary N) is 1. The minimum Gasteiger partial charge on any atom is -0.457 e. The van der Waals surface area contributed by atoms with E-state index in [0.717, 1.165) is 16.6 Å². The maximum atomic E-state index is 12.9. The molecule has 4 rings (SSSR count). The molecule has 0 amide bonds. The molecular weight excluding hydrogens is 331 g/mol. The minimum atomic E-state index is -0.285. The van der Waals surface area contributed by atoms with Gasteiger partial charge in [-0.1, -0.05) is 12.1 Å². The normalized spacial score (nSPS) is 10.8. The third-order valence-corrected chi connectivity index (χ3v) is 3.94. The van der Waals surface area contributed by atoms with Crippen molar-refractivity contribution in [3.05, 3.63) is 78.1 Å². The lowest BCUT2D eigenvalue weighted by Crippen LogP contribution is -2.00. The van der Waals surface area contributed by atoms with Gasteiger partial charge in [-0.25, -0.2) is 9.37 Å². The van der Waals surface area contributed by atoms with Gasteiger partial charge < -0.3 is 20.8 Å². The quantitative estimate of drug-likeness (QED) is 0.457. The van der Waals surface area contributed by atoms with Crippen LogP contribution in [0.4, 0.5) is 16.0 Å². The van der Waals surface area contributed by atoms with Crippen LogP contribution in [0.5, 0.6) is 11.5 Å². The van der Waals surface area contributed by atoms with Crippen molar-refractivity contribution >= 4 is 22.7 Å². The van der Waals surface area contributed by atoms with Gasteiger partial charge in [0.25, 0.3) is 0 Å². The van der Waals surface area contributed by atoms with Crippen molar-refractivity contribution < 1.29 is 9.13 Å². The summed E-state index contributed by atoms with van der Waals surface area (Å²) in [5, 5.41) is 3.26. The molecule has 26 heavy (non-hydrogen) atoms. The lowest BCUT2D eigenvalue weighted by atomic mass is 10.2. The molecule has 0 radical (unpaired) electrons. The number of halogens is 1. The Labute approximate surface area is 149 Å². The molecule has 0 aliphatic rings. The van der Waals surface area contributed by atoms with Crippen molar-refractivity contribution in [2.75, 3.05) is 11.1 Å². The third-order valence-electron chi connectivity index (χ3n) is 3.94. The van der Waals surface area contributed by atoms with Crippen LogP contribution in [0.2, 0.25) is 0 Å². The maximum Gasteiger partial charge on any atom is 0.201 e. The fourth-order valence-corrected chi connectivity index (χ4v) is 2.61. The van der Waals surface area contributed by atoms with Crippen molar-refractivity contribution in [1.82, 2.24) is 9.97 Å². The van der Waals surface area contributed by atoms with E-state index in [0.29, 0.717) is 29.7 Å². The SMILES string of the molecule is Nc1ccc2nc(NCc3ccc(Oc4ccc(F)cc4)cc3)[nH]c2c1. The van der Waals surface area contributed by atoms with Crippen LogP contribution in [-0.2, 0) is 6.54 Å². The summed E-state index contributed by atoms with van der Waals surface area (Å²) in [6.45, 7) is 0.617. The lowest BCUT2D eigenvalue weighted by Gasteiger charge is -2.07. The first-order chi connectivity index (χ1) is 12.7. The minimum absolute atomic E-state index is 0.285. The number of imidazole rings is 1. The molecule has 1 aromatic heterocycles. The summed E-state index contributed by atoms with van der Waals surface area (Å²) >= 11 is 0. The number of nitrogens with one attached hydrogen (secondary N) is 2. The summed E-state index contributed by atoms with van der Waals surface area (Å²) in [7, 11) is 0. The van der Waals surface area contributed by atoms with Crippen LogP contribution in [-0.4, -0.2) is 9.97 Å². The molecule has 4 aromatic rings. The first-order valence-electron chi connectivity index (χ1n) is 8.17. The van der Waals surface area contributed by atoms with E-state index in [4.69, 9.17) is 10.5 Å². The molecule has 0 spiro atoms. The van der Waals surface area contributed by atoms with E-state index in [1.54, 1.807) is 12.1 Å². The fourth-order valence-electron chi connectivity index (χ4n) is 2.61. The van der Waals surface area contributed by atoms with Crippen LogP contribution >= 0.6 is 0 Å². The van der Waals surface area contributed by atoms with Gasteiger partial charge >= 0.3 is 0 Å². The molecule has 0 atom stereocenters. The second-order valence-electron chi connectivity index (χ2n) is 5.92. The Bertz CT molecular complexity index is 1030. The Balaban J connectivity index is 1.39. The van der Waals surface area contributed by atoms with Gasteiger partial charge in [-0.2, -0.15) is 0 Å². The highest BCUT2D eigenvalue weighted by Crippen LogP contribution is 2.22. The fraction of sp³-hybridized carbons (Fsp3) is 0.0500. The number of nitrogen functional groups attached to an aromatic ring is 1. The highest BCUT2D eigenvalue weighted by Gasteiger charge is 2.03. The predicted molar refractivity (Wildman–Crippen MR) is 101 cm³/mol. The topological polar surface area (TPSA) is 76.0 Å². The van der Waals surface area contributed by atoms with E-state index in [1.165, 1.54) is 12.1 Å². The summed E-state index contributed by atoms with van der Waals surface area (Å²) in [6.07, 6.45) is 0. The highest BCUT2D eigenvalue weighted by molar-refractivity contribution is 5.80. The molecule has 0 unspecified atom stereocenters. The number of nitrogens with zero attached hydrogens (tertiary/aromatic N) is 1. The van der Waals surface area contributed by atoms with Gasteiger partial charge in [0.2, 0.25) is 5.95 Å². The van der Waals surface area contributed by atoms with Crippen LogP contribution < -0.4 is 15.8 Å². The smallest absolute Gasteiger partial charge is 0.201 e. The van der Waals surface area contributed by atoms with Crippen LogP contribution in [0, 0.1) is 5.82 Å². The van der Waals surface area contributed by atoms with Crippen molar-refractivity contribution in [3.63, 3.8) is 0 Å². The van der Waals surface area contributed by atoms with Crippen molar-refractivity contribution in [1.29, 1.82) is 0 Å². The van der Waals surface area contributed by atoms with Gasteiger partial charge in [-0.05, 0) is 60.2 Å². The van der Waals surface area contributed by atoms with Gasteiger partial charge in [-0.15, -0.1) is 0 Å². The first kappa shape index (κ1) is 16.0. The first-order valence-corrected chi connectivity index (χ1v) is 8.17. The van der Waals surface area contributed by atoms with Crippen molar-refractivity contribution in [2.24, 2.45) is 0 Å². The Hall–Kier alpha value is -3.54. The number of ether oxygens (including phenoxy) is 1. The highest BCUT2D eigenvalue weighted by atomic mass is 19.1. The van der Waals surface area contributed by atoms with Crippen molar-refractivity contribution in [3.8, 4) is 11.5 Å². The molecular formula is C20H17FN4O. The molecule has 130 valence electrons. The van der Waals surface area contributed by atoms with Gasteiger partial charge in [0, 0.05) is 12.2 Å². The largest absolute Gasteiger partial charge is 0.457 e. The zero-order valence-corrected chi connectivity index (χ0v) is 13.9. The summed E-state index contributed by atoms with van der Waals surface area (Å²) in [5.41, 5.74) is 9.32. The number of rotatable bonds is 5. The molecule has 0 bridgehead atoms. The molecule has 1 heterocycles. The number of benzene rings is 3.